The number of benzene rings is 1. The minimum Gasteiger partial charge on any atom is -0.438 e. The van der Waals surface area contributed by atoms with Gasteiger partial charge in [0, 0.05) is 17.3 Å². The predicted molar refractivity (Wildman–Crippen MR) is 131 cm³/mol. The fourth-order valence-electron chi connectivity index (χ4n) is 3.75. The van der Waals surface area contributed by atoms with Crippen LogP contribution in [0.5, 0.6) is 11.6 Å². The average Bonchev–Trinajstić information content (AvgIpc) is 3.14. The van der Waals surface area contributed by atoms with Gasteiger partial charge >= 0.3 is 0 Å². The fraction of sp³-hybridized carbons (Fsp3) is 0.250. The van der Waals surface area contributed by atoms with Gasteiger partial charge in [0.2, 0.25) is 5.88 Å². The van der Waals surface area contributed by atoms with E-state index in [0.717, 1.165) is 17.2 Å². The summed E-state index contributed by atoms with van der Waals surface area (Å²) in [7, 11) is -3.23. The van der Waals surface area contributed by atoms with Crippen molar-refractivity contribution in [3.8, 4) is 17.7 Å². The summed E-state index contributed by atoms with van der Waals surface area (Å²) in [5.41, 5.74) is 0.804. The Morgan fingerprint density at radius 1 is 1.31 bits per heavy atom. The molecule has 3 aromatic rings. The van der Waals surface area contributed by atoms with Gasteiger partial charge in [-0.15, -0.1) is 0 Å². The number of aromatic nitrogens is 2. The molecule has 0 aliphatic carbocycles. The molecule has 0 unspecified atom stereocenters. The van der Waals surface area contributed by atoms with Crippen molar-refractivity contribution in [1.29, 1.82) is 5.26 Å². The lowest BCUT2D eigenvalue weighted by molar-refractivity contribution is -0.117. The molecule has 1 amide bonds. The third-order valence-corrected chi connectivity index (χ3v) is 7.81. The maximum absolute atomic E-state index is 13.4. The Morgan fingerprint density at radius 2 is 2.09 bits per heavy atom. The number of halogens is 1. The lowest BCUT2D eigenvalue weighted by Crippen LogP contribution is -2.36. The second-order valence-corrected chi connectivity index (χ2v) is 10.9. The Bertz CT molecular complexity index is 1590. The van der Waals surface area contributed by atoms with Crippen LogP contribution in [0.1, 0.15) is 23.1 Å². The van der Waals surface area contributed by atoms with E-state index < -0.39 is 27.3 Å². The number of sulfone groups is 1. The van der Waals surface area contributed by atoms with E-state index >= 15 is 0 Å². The zero-order chi connectivity index (χ0) is 25.3. The number of rotatable bonds is 5. The van der Waals surface area contributed by atoms with Gasteiger partial charge in [0.1, 0.15) is 28.6 Å². The Kier molecular flexibility index (Phi) is 6.65. The second-order valence-electron chi connectivity index (χ2n) is 8.28. The first-order chi connectivity index (χ1) is 16.6. The summed E-state index contributed by atoms with van der Waals surface area (Å²) in [6.07, 6.45) is 2.90. The van der Waals surface area contributed by atoms with E-state index in [4.69, 9.17) is 16.3 Å². The number of hydrogen-bond acceptors (Lipinski definition) is 7. The van der Waals surface area contributed by atoms with E-state index in [-0.39, 0.29) is 34.9 Å². The molecule has 35 heavy (non-hydrogen) atoms. The van der Waals surface area contributed by atoms with E-state index in [1.54, 1.807) is 50.2 Å². The van der Waals surface area contributed by atoms with E-state index in [2.05, 4.69) is 10.3 Å². The fourth-order valence-corrected chi connectivity index (χ4v) is 5.54. The molecule has 0 bridgehead atoms. The molecule has 180 valence electrons. The topological polar surface area (TPSA) is 131 Å². The number of nitriles is 1. The van der Waals surface area contributed by atoms with Gasteiger partial charge in [0.05, 0.1) is 11.5 Å². The number of carbonyl (C=O) groups excluding carboxylic acids is 1. The maximum Gasteiger partial charge on any atom is 0.269 e. The summed E-state index contributed by atoms with van der Waals surface area (Å²) in [4.78, 5) is 30.6. The molecule has 1 aliphatic heterocycles. The summed E-state index contributed by atoms with van der Waals surface area (Å²) < 4.78 is 30.6. The number of nitrogens with zero attached hydrogens (tertiary/aromatic N) is 3. The minimum atomic E-state index is -3.23. The van der Waals surface area contributed by atoms with Crippen LogP contribution < -0.4 is 15.6 Å². The van der Waals surface area contributed by atoms with Crippen LogP contribution in [0.2, 0.25) is 5.02 Å². The Balaban J connectivity index is 1.80. The third-order valence-electron chi connectivity index (χ3n) is 5.61. The van der Waals surface area contributed by atoms with Crippen molar-refractivity contribution in [3.63, 3.8) is 0 Å². The van der Waals surface area contributed by atoms with Gasteiger partial charge in [-0.1, -0.05) is 17.7 Å². The molecule has 1 aromatic carbocycles. The molecule has 2 aromatic heterocycles. The zero-order valence-corrected chi connectivity index (χ0v) is 20.5. The quantitative estimate of drug-likeness (QED) is 0.410. The second kappa shape index (κ2) is 9.52. The van der Waals surface area contributed by atoms with Crippen LogP contribution in [-0.4, -0.2) is 41.3 Å². The van der Waals surface area contributed by atoms with Gasteiger partial charge in [-0.3, -0.25) is 14.0 Å². The average molecular weight is 513 g/mol. The summed E-state index contributed by atoms with van der Waals surface area (Å²) in [5.74, 6) is -0.726. The molecular weight excluding hydrogens is 492 g/mol. The van der Waals surface area contributed by atoms with Crippen LogP contribution in [0, 0.1) is 25.2 Å². The molecule has 1 saturated heterocycles. The number of nitrogens with one attached hydrogen (secondary N) is 1. The van der Waals surface area contributed by atoms with Crippen molar-refractivity contribution < 1.29 is 17.9 Å². The Morgan fingerprint density at radius 3 is 2.74 bits per heavy atom. The molecular formula is C24H21ClN4O5S. The number of carbonyl (C=O) groups is 1. The van der Waals surface area contributed by atoms with Gasteiger partial charge in [0.15, 0.2) is 9.84 Å². The minimum absolute atomic E-state index is 0.0304. The largest absolute Gasteiger partial charge is 0.438 e. The van der Waals surface area contributed by atoms with E-state index in [0.29, 0.717) is 16.4 Å². The summed E-state index contributed by atoms with van der Waals surface area (Å²) in [5, 5.41) is 12.7. The monoisotopic (exact) mass is 512 g/mol. The van der Waals surface area contributed by atoms with Crippen LogP contribution in [0.4, 0.5) is 0 Å². The Labute approximate surface area is 206 Å². The number of amides is 1. The van der Waals surface area contributed by atoms with Crippen LogP contribution in [0.25, 0.3) is 11.7 Å². The highest BCUT2D eigenvalue weighted by Gasteiger charge is 2.30. The van der Waals surface area contributed by atoms with Gasteiger partial charge < -0.3 is 10.1 Å². The van der Waals surface area contributed by atoms with Gasteiger partial charge in [-0.05, 0) is 61.7 Å². The molecule has 3 heterocycles. The molecule has 0 radical (unpaired) electrons. The van der Waals surface area contributed by atoms with Crippen LogP contribution >= 0.6 is 11.6 Å². The zero-order valence-electron chi connectivity index (χ0n) is 18.9. The molecule has 11 heteroatoms. The normalized spacial score (nSPS) is 17.2. The van der Waals surface area contributed by atoms with Gasteiger partial charge in [-0.2, -0.15) is 10.2 Å². The predicted octanol–water partition coefficient (Wildman–Crippen LogP) is 2.97. The highest BCUT2D eigenvalue weighted by Crippen LogP contribution is 2.28. The number of fused-ring (bicyclic) bond motifs is 1. The van der Waals surface area contributed by atoms with E-state index in [1.165, 1.54) is 10.6 Å². The van der Waals surface area contributed by atoms with E-state index in [1.807, 2.05) is 0 Å². The van der Waals surface area contributed by atoms with Crippen molar-refractivity contribution in [3.05, 3.63) is 74.2 Å². The first-order valence-corrected chi connectivity index (χ1v) is 12.9. The molecule has 0 spiro atoms. The molecule has 1 atom stereocenters. The molecule has 1 aliphatic rings. The lowest BCUT2D eigenvalue weighted by atomic mass is 10.1. The van der Waals surface area contributed by atoms with Crippen LogP contribution in [0.15, 0.2) is 46.9 Å². The number of aryl methyl sites for hydroxylation is 2. The van der Waals surface area contributed by atoms with Gasteiger partial charge in [0.25, 0.3) is 11.5 Å². The van der Waals surface area contributed by atoms with Crippen molar-refractivity contribution in [2.45, 2.75) is 26.3 Å². The lowest BCUT2D eigenvalue weighted by Gasteiger charge is -2.13. The highest BCUT2D eigenvalue weighted by atomic mass is 35.5. The number of pyridine rings is 1. The van der Waals surface area contributed by atoms with Crippen molar-refractivity contribution >= 4 is 39.1 Å². The smallest absolute Gasteiger partial charge is 0.269 e. The summed E-state index contributed by atoms with van der Waals surface area (Å²) >= 11 is 6.10. The molecule has 1 fully saturated rings. The summed E-state index contributed by atoms with van der Waals surface area (Å²) in [6.45, 7) is 3.58. The molecule has 1 N–H and O–H groups in total. The van der Waals surface area contributed by atoms with E-state index in [9.17, 15) is 23.3 Å². The standard InChI is InChI=1S/C24H21ClN4O5S/c1-14-4-3-8-29-21(14)28-23(34-18-5-6-20(25)15(2)10-18)19(24(29)31)11-16(12-26)22(30)27-17-7-9-35(32,33)13-17/h3-6,8,10-11,17H,7,9,13H2,1-2H3,(H,27,30)/b16-11-/t17-/m1/s1. The first kappa shape index (κ1) is 24.4. The third kappa shape index (κ3) is 5.21. The van der Waals surface area contributed by atoms with Crippen LogP contribution in [0.3, 0.4) is 0 Å². The first-order valence-electron chi connectivity index (χ1n) is 10.7. The number of hydrogen-bond donors (Lipinski definition) is 1. The molecule has 0 saturated carbocycles. The van der Waals surface area contributed by atoms with Crippen molar-refractivity contribution in [2.75, 3.05) is 11.5 Å². The molecule has 9 nitrogen and oxygen atoms in total. The Hall–Kier alpha value is -3.68. The SMILES string of the molecule is Cc1cc(Oc2nc3c(C)cccn3c(=O)c2/C=C(/C#N)C(=O)N[C@@H]2CCS(=O)(=O)C2)ccc1Cl. The van der Waals surface area contributed by atoms with Crippen LogP contribution in [-0.2, 0) is 14.6 Å². The summed E-state index contributed by atoms with van der Waals surface area (Å²) in [6, 6.07) is 9.59. The van der Waals surface area contributed by atoms with Crippen molar-refractivity contribution in [2.24, 2.45) is 0 Å². The maximum atomic E-state index is 13.4. The number of ether oxygens (including phenoxy) is 1. The van der Waals surface area contributed by atoms with Gasteiger partial charge in [-0.25, -0.2) is 8.42 Å². The highest BCUT2D eigenvalue weighted by molar-refractivity contribution is 7.91. The molecule has 4 rings (SSSR count). The van der Waals surface area contributed by atoms with Crippen molar-refractivity contribution in [1.82, 2.24) is 14.7 Å².